The van der Waals surface area contributed by atoms with Crippen molar-refractivity contribution in [1.82, 2.24) is 10.7 Å². The number of nitrogens with zero attached hydrogens (tertiary/aromatic N) is 1. The highest BCUT2D eigenvalue weighted by Crippen LogP contribution is 2.26. The van der Waals surface area contributed by atoms with Crippen LogP contribution < -0.4 is 20.2 Å². The van der Waals surface area contributed by atoms with Gasteiger partial charge in [0.15, 0.2) is 0 Å². The molecule has 0 aliphatic heterocycles. The molecule has 0 bridgehead atoms. The van der Waals surface area contributed by atoms with Gasteiger partial charge in [0.2, 0.25) is 0 Å². The van der Waals surface area contributed by atoms with Gasteiger partial charge in [-0.3, -0.25) is 9.59 Å². The summed E-state index contributed by atoms with van der Waals surface area (Å²) in [5.74, 6) is 0.0621. The summed E-state index contributed by atoms with van der Waals surface area (Å²) in [6.45, 7) is 0. The molecule has 7 heteroatoms. The minimum Gasteiger partial charge on any atom is -0.497 e. The normalized spacial score (nSPS) is 11.3. The standard InChI is InChI=1S/C29H25N3O4/c1-35-24-16-15-22(27(18-24)36-2)17-26(31-28(33)21-10-4-3-5-11-21)29(34)32-30-19-23-13-8-12-20-9-6-7-14-25(20)23/h3-19H,1-2H3,(H,31,33)(H,32,34)/b26-17+,30-19+. The summed E-state index contributed by atoms with van der Waals surface area (Å²) >= 11 is 0. The molecule has 4 rings (SSSR count). The quantitative estimate of drug-likeness (QED) is 0.216. The Hall–Kier alpha value is -4.91. The van der Waals surface area contributed by atoms with Crippen LogP contribution in [0.2, 0.25) is 0 Å². The van der Waals surface area contributed by atoms with Crippen molar-refractivity contribution in [2.45, 2.75) is 0 Å². The van der Waals surface area contributed by atoms with Crippen LogP contribution >= 0.6 is 0 Å². The summed E-state index contributed by atoms with van der Waals surface area (Å²) < 4.78 is 10.7. The van der Waals surface area contributed by atoms with Crippen LogP contribution in [0.15, 0.2) is 102 Å². The van der Waals surface area contributed by atoms with E-state index in [1.165, 1.54) is 13.2 Å². The molecule has 0 spiro atoms. The summed E-state index contributed by atoms with van der Waals surface area (Å²) in [7, 11) is 3.07. The first-order chi connectivity index (χ1) is 17.6. The maximum atomic E-state index is 13.1. The molecule has 0 aromatic heterocycles. The van der Waals surface area contributed by atoms with Crippen molar-refractivity contribution in [1.29, 1.82) is 0 Å². The van der Waals surface area contributed by atoms with Gasteiger partial charge in [-0.25, -0.2) is 5.43 Å². The number of methoxy groups -OCH3 is 2. The summed E-state index contributed by atoms with van der Waals surface area (Å²) in [5, 5.41) is 8.90. The maximum Gasteiger partial charge on any atom is 0.287 e. The van der Waals surface area contributed by atoms with Crippen molar-refractivity contribution in [3.63, 3.8) is 0 Å². The molecular formula is C29H25N3O4. The highest BCUT2D eigenvalue weighted by Gasteiger charge is 2.16. The van der Waals surface area contributed by atoms with Gasteiger partial charge in [0.05, 0.1) is 20.4 Å². The van der Waals surface area contributed by atoms with Crippen LogP contribution in [0.5, 0.6) is 11.5 Å². The fourth-order valence-electron chi connectivity index (χ4n) is 3.62. The molecule has 2 N–H and O–H groups in total. The second-order valence-corrected chi connectivity index (χ2v) is 7.75. The minimum absolute atomic E-state index is 0.00221. The molecular weight excluding hydrogens is 454 g/mol. The van der Waals surface area contributed by atoms with E-state index in [2.05, 4.69) is 15.8 Å². The molecule has 0 saturated heterocycles. The Morgan fingerprint density at radius 3 is 2.33 bits per heavy atom. The average molecular weight is 480 g/mol. The SMILES string of the molecule is COc1ccc(/C=C(/NC(=O)c2ccccc2)C(=O)N/N=C/c2cccc3ccccc23)c(OC)c1. The molecule has 0 unspecified atom stereocenters. The van der Waals surface area contributed by atoms with Gasteiger partial charge in [0.25, 0.3) is 11.8 Å². The molecule has 2 amide bonds. The summed E-state index contributed by atoms with van der Waals surface area (Å²) in [6.07, 6.45) is 3.10. The zero-order valence-electron chi connectivity index (χ0n) is 19.9. The largest absolute Gasteiger partial charge is 0.497 e. The van der Waals surface area contributed by atoms with E-state index in [9.17, 15) is 9.59 Å². The number of hydrazone groups is 1. The van der Waals surface area contributed by atoms with E-state index in [0.717, 1.165) is 16.3 Å². The van der Waals surface area contributed by atoms with Gasteiger partial charge in [0.1, 0.15) is 17.2 Å². The molecule has 4 aromatic rings. The van der Waals surface area contributed by atoms with Crippen molar-refractivity contribution in [3.8, 4) is 11.5 Å². The number of nitrogens with one attached hydrogen (secondary N) is 2. The Balaban J connectivity index is 1.62. The van der Waals surface area contributed by atoms with Crippen LogP contribution in [0.1, 0.15) is 21.5 Å². The number of hydrogen-bond acceptors (Lipinski definition) is 5. The third-order valence-corrected chi connectivity index (χ3v) is 5.46. The summed E-state index contributed by atoms with van der Waals surface area (Å²) in [4.78, 5) is 25.9. The molecule has 0 saturated carbocycles. The molecule has 0 aliphatic carbocycles. The zero-order chi connectivity index (χ0) is 25.3. The maximum absolute atomic E-state index is 13.1. The van der Waals surface area contributed by atoms with E-state index in [-0.39, 0.29) is 5.70 Å². The van der Waals surface area contributed by atoms with Crippen LogP contribution in [-0.2, 0) is 4.79 Å². The number of hydrogen-bond donors (Lipinski definition) is 2. The number of fused-ring (bicyclic) bond motifs is 1. The Morgan fingerprint density at radius 2 is 1.56 bits per heavy atom. The van der Waals surface area contributed by atoms with Gasteiger partial charge in [-0.2, -0.15) is 5.10 Å². The zero-order valence-corrected chi connectivity index (χ0v) is 19.9. The number of carbonyl (C=O) groups is 2. The van der Waals surface area contributed by atoms with Crippen LogP contribution in [-0.4, -0.2) is 32.2 Å². The van der Waals surface area contributed by atoms with Crippen molar-refractivity contribution in [2.24, 2.45) is 5.10 Å². The Morgan fingerprint density at radius 1 is 0.806 bits per heavy atom. The molecule has 0 heterocycles. The van der Waals surface area contributed by atoms with E-state index in [1.807, 2.05) is 48.5 Å². The molecule has 36 heavy (non-hydrogen) atoms. The van der Waals surface area contributed by atoms with Gasteiger partial charge in [-0.1, -0.05) is 60.7 Å². The molecule has 180 valence electrons. The Bertz CT molecular complexity index is 1440. The Labute approximate surface area is 209 Å². The average Bonchev–Trinajstić information content (AvgIpc) is 2.93. The van der Waals surface area contributed by atoms with Gasteiger partial charge >= 0.3 is 0 Å². The lowest BCUT2D eigenvalue weighted by Gasteiger charge is -2.11. The third kappa shape index (κ3) is 5.77. The van der Waals surface area contributed by atoms with Crippen molar-refractivity contribution in [3.05, 3.63) is 113 Å². The van der Waals surface area contributed by atoms with Crippen molar-refractivity contribution in [2.75, 3.05) is 14.2 Å². The van der Waals surface area contributed by atoms with E-state index < -0.39 is 11.8 Å². The summed E-state index contributed by atoms with van der Waals surface area (Å²) in [6, 6.07) is 27.5. The fraction of sp³-hybridized carbons (Fsp3) is 0.0690. The molecule has 0 aliphatic rings. The monoisotopic (exact) mass is 479 g/mol. The lowest BCUT2D eigenvalue weighted by atomic mass is 10.1. The lowest BCUT2D eigenvalue weighted by Crippen LogP contribution is -2.32. The smallest absolute Gasteiger partial charge is 0.287 e. The molecule has 7 nitrogen and oxygen atoms in total. The lowest BCUT2D eigenvalue weighted by molar-refractivity contribution is -0.117. The fourth-order valence-corrected chi connectivity index (χ4v) is 3.62. The molecule has 0 radical (unpaired) electrons. The highest BCUT2D eigenvalue weighted by atomic mass is 16.5. The number of ether oxygens (including phenoxy) is 2. The number of rotatable bonds is 8. The first-order valence-corrected chi connectivity index (χ1v) is 11.2. The predicted molar refractivity (Wildman–Crippen MR) is 141 cm³/mol. The number of carbonyl (C=O) groups excluding carboxylic acids is 2. The van der Waals surface area contributed by atoms with Crippen LogP contribution in [0.25, 0.3) is 16.8 Å². The molecule has 4 aromatic carbocycles. The molecule has 0 fully saturated rings. The van der Waals surface area contributed by atoms with Gasteiger partial charge in [-0.15, -0.1) is 0 Å². The van der Waals surface area contributed by atoms with E-state index >= 15 is 0 Å². The van der Waals surface area contributed by atoms with Crippen LogP contribution in [0, 0.1) is 0 Å². The Kier molecular flexibility index (Phi) is 7.73. The number of benzene rings is 4. The van der Waals surface area contributed by atoms with Crippen LogP contribution in [0.3, 0.4) is 0 Å². The predicted octanol–water partition coefficient (Wildman–Crippen LogP) is 4.78. The highest BCUT2D eigenvalue weighted by molar-refractivity contribution is 6.06. The molecule has 0 atom stereocenters. The number of amides is 2. The van der Waals surface area contributed by atoms with Gasteiger partial charge < -0.3 is 14.8 Å². The second-order valence-electron chi connectivity index (χ2n) is 7.75. The topological polar surface area (TPSA) is 89.0 Å². The van der Waals surface area contributed by atoms with E-state index in [0.29, 0.717) is 22.6 Å². The minimum atomic E-state index is -0.589. The van der Waals surface area contributed by atoms with E-state index in [4.69, 9.17) is 9.47 Å². The first-order valence-electron chi connectivity index (χ1n) is 11.2. The second kappa shape index (κ2) is 11.5. The van der Waals surface area contributed by atoms with Crippen LogP contribution in [0.4, 0.5) is 0 Å². The van der Waals surface area contributed by atoms with Crippen molar-refractivity contribution < 1.29 is 19.1 Å². The third-order valence-electron chi connectivity index (χ3n) is 5.46. The van der Waals surface area contributed by atoms with E-state index in [1.54, 1.807) is 55.8 Å². The van der Waals surface area contributed by atoms with Gasteiger partial charge in [-0.05, 0) is 41.1 Å². The first kappa shape index (κ1) is 24.2. The van der Waals surface area contributed by atoms with Gasteiger partial charge in [0, 0.05) is 22.8 Å². The van der Waals surface area contributed by atoms with Crippen molar-refractivity contribution >= 4 is 34.9 Å². The summed E-state index contributed by atoms with van der Waals surface area (Å²) in [5.41, 5.74) is 4.36.